The largest absolute Gasteiger partial charge is 0.389 e. The topological polar surface area (TPSA) is 70.6 Å². The monoisotopic (exact) mass is 322 g/mol. The zero-order valence-electron chi connectivity index (χ0n) is 13.9. The molecule has 23 heavy (non-hydrogen) atoms. The highest BCUT2D eigenvalue weighted by atomic mass is 16.5. The van der Waals surface area contributed by atoms with Crippen LogP contribution in [0.3, 0.4) is 0 Å². The Balaban J connectivity index is 1.16. The molecule has 0 radical (unpaired) electrons. The third kappa shape index (κ3) is 3.82. The van der Waals surface area contributed by atoms with Gasteiger partial charge in [-0.25, -0.2) is 4.79 Å². The minimum absolute atomic E-state index is 0.122. The van der Waals surface area contributed by atoms with E-state index in [0.29, 0.717) is 30.4 Å². The molecule has 5 aliphatic carbocycles. The minimum Gasteiger partial charge on any atom is -0.389 e. The Morgan fingerprint density at radius 1 is 1.09 bits per heavy atom. The quantitative estimate of drug-likeness (QED) is 0.670. The molecule has 5 saturated carbocycles. The van der Waals surface area contributed by atoms with E-state index in [1.165, 1.54) is 44.9 Å². The van der Waals surface area contributed by atoms with E-state index in [1.807, 2.05) is 0 Å². The maximum Gasteiger partial charge on any atom is 0.315 e. The molecule has 1 atom stereocenters. The van der Waals surface area contributed by atoms with Crippen molar-refractivity contribution >= 4 is 6.03 Å². The molecule has 0 aromatic carbocycles. The molecule has 0 spiro atoms. The summed E-state index contributed by atoms with van der Waals surface area (Å²) >= 11 is 0. The van der Waals surface area contributed by atoms with Gasteiger partial charge in [-0.2, -0.15) is 0 Å². The second-order valence-corrected chi connectivity index (χ2v) is 8.45. The fourth-order valence-electron chi connectivity index (χ4n) is 5.29. The highest BCUT2D eigenvalue weighted by Gasteiger charge is 2.48. The van der Waals surface area contributed by atoms with Crippen LogP contribution in [0.5, 0.6) is 0 Å². The van der Waals surface area contributed by atoms with Crippen LogP contribution in [-0.2, 0) is 4.74 Å². The predicted molar refractivity (Wildman–Crippen MR) is 86.9 cm³/mol. The lowest BCUT2D eigenvalue weighted by Gasteiger charge is -2.54. The molecule has 0 saturated heterocycles. The van der Waals surface area contributed by atoms with Crippen molar-refractivity contribution in [2.75, 3.05) is 19.8 Å². The summed E-state index contributed by atoms with van der Waals surface area (Å²) in [6.45, 7) is 1.33. The Labute approximate surface area is 138 Å². The Morgan fingerprint density at radius 3 is 2.35 bits per heavy atom. The molecule has 3 N–H and O–H groups in total. The number of aliphatic hydroxyl groups is 1. The Bertz CT molecular complexity index is 410. The van der Waals surface area contributed by atoms with Gasteiger partial charge in [0.05, 0.1) is 12.7 Å². The van der Waals surface area contributed by atoms with E-state index in [-0.39, 0.29) is 12.6 Å². The molecule has 5 nitrogen and oxygen atoms in total. The van der Waals surface area contributed by atoms with E-state index in [9.17, 15) is 9.90 Å². The fourth-order valence-corrected chi connectivity index (χ4v) is 5.29. The second kappa shape index (κ2) is 6.60. The average Bonchev–Trinajstić information content (AvgIpc) is 3.32. The molecule has 5 fully saturated rings. The Kier molecular flexibility index (Phi) is 4.50. The van der Waals surface area contributed by atoms with E-state index >= 15 is 0 Å². The highest BCUT2D eigenvalue weighted by Crippen LogP contribution is 2.53. The maximum absolute atomic E-state index is 12.2. The standard InChI is InChI=1S/C18H30N2O3/c21-16(10-23-9-11-1-2-11)8-19-18(22)20-17-14-4-12-3-13(6-14)7-15(17)5-12/h11-17,21H,1-10H2,(H2,19,20,22). The van der Waals surface area contributed by atoms with E-state index in [4.69, 9.17) is 4.74 Å². The molecule has 5 rings (SSSR count). The lowest BCUT2D eigenvalue weighted by Crippen LogP contribution is -2.57. The predicted octanol–water partition coefficient (Wildman–Crippen LogP) is 1.90. The Hall–Kier alpha value is -0.810. The highest BCUT2D eigenvalue weighted by molar-refractivity contribution is 5.74. The summed E-state index contributed by atoms with van der Waals surface area (Å²) in [5, 5.41) is 15.9. The van der Waals surface area contributed by atoms with Gasteiger partial charge in [-0.1, -0.05) is 0 Å². The zero-order chi connectivity index (χ0) is 15.8. The molecule has 0 aromatic heterocycles. The number of rotatable bonds is 7. The van der Waals surface area contributed by atoms with Gasteiger partial charge in [0.15, 0.2) is 0 Å². The molecule has 0 heterocycles. The summed E-state index contributed by atoms with van der Waals surface area (Å²) in [6.07, 6.45) is 8.53. The molecule has 5 aliphatic rings. The SMILES string of the molecule is O=C(NCC(O)COCC1CC1)NC1C2CC3CC(C2)CC1C3. The van der Waals surface area contributed by atoms with Gasteiger partial charge in [-0.3, -0.25) is 0 Å². The van der Waals surface area contributed by atoms with Crippen LogP contribution >= 0.6 is 0 Å². The summed E-state index contributed by atoms with van der Waals surface area (Å²) < 4.78 is 5.46. The zero-order valence-corrected chi connectivity index (χ0v) is 13.9. The number of aliphatic hydroxyl groups excluding tert-OH is 1. The van der Waals surface area contributed by atoms with Crippen molar-refractivity contribution in [1.82, 2.24) is 10.6 Å². The molecule has 5 heteroatoms. The van der Waals surface area contributed by atoms with Crippen molar-refractivity contribution in [2.24, 2.45) is 29.6 Å². The van der Waals surface area contributed by atoms with Gasteiger partial charge in [-0.05, 0) is 74.5 Å². The van der Waals surface area contributed by atoms with Crippen LogP contribution in [0, 0.1) is 29.6 Å². The summed E-state index contributed by atoms with van der Waals surface area (Å²) in [6, 6.07) is 0.231. The summed E-state index contributed by atoms with van der Waals surface area (Å²) in [5.41, 5.74) is 0. The van der Waals surface area contributed by atoms with Gasteiger partial charge in [0.2, 0.25) is 0 Å². The first-order valence-electron chi connectivity index (χ1n) is 9.47. The average molecular weight is 322 g/mol. The molecule has 4 bridgehead atoms. The first-order chi connectivity index (χ1) is 11.2. The summed E-state index contributed by atoms with van der Waals surface area (Å²) in [5.74, 6) is 3.91. The number of urea groups is 1. The van der Waals surface area contributed by atoms with Crippen molar-refractivity contribution in [1.29, 1.82) is 0 Å². The first-order valence-corrected chi connectivity index (χ1v) is 9.47. The molecule has 130 valence electrons. The number of carbonyl (C=O) groups excluding carboxylic acids is 1. The van der Waals surface area contributed by atoms with Gasteiger partial charge < -0.3 is 20.5 Å². The number of amides is 2. The van der Waals surface area contributed by atoms with E-state index in [1.54, 1.807) is 0 Å². The normalized spacial score (nSPS) is 39.3. The molecule has 1 unspecified atom stereocenters. The van der Waals surface area contributed by atoms with Crippen LogP contribution in [0.4, 0.5) is 4.79 Å². The summed E-state index contributed by atoms with van der Waals surface area (Å²) in [4.78, 5) is 12.2. The summed E-state index contributed by atoms with van der Waals surface area (Å²) in [7, 11) is 0. The maximum atomic E-state index is 12.2. The number of nitrogens with one attached hydrogen (secondary N) is 2. The van der Waals surface area contributed by atoms with E-state index < -0.39 is 6.10 Å². The van der Waals surface area contributed by atoms with Crippen LogP contribution in [-0.4, -0.2) is 43.0 Å². The van der Waals surface area contributed by atoms with Crippen LogP contribution in [0.2, 0.25) is 0 Å². The smallest absolute Gasteiger partial charge is 0.315 e. The van der Waals surface area contributed by atoms with Crippen molar-refractivity contribution in [3.05, 3.63) is 0 Å². The lowest BCUT2D eigenvalue weighted by atomic mass is 9.54. The van der Waals surface area contributed by atoms with Gasteiger partial charge in [0.25, 0.3) is 0 Å². The molecule has 0 aliphatic heterocycles. The second-order valence-electron chi connectivity index (χ2n) is 8.45. The number of hydrogen-bond acceptors (Lipinski definition) is 3. The van der Waals surface area contributed by atoms with Gasteiger partial charge in [0, 0.05) is 19.2 Å². The van der Waals surface area contributed by atoms with Gasteiger partial charge in [-0.15, -0.1) is 0 Å². The minimum atomic E-state index is -0.613. The third-order valence-electron chi connectivity index (χ3n) is 6.38. The third-order valence-corrected chi connectivity index (χ3v) is 6.38. The van der Waals surface area contributed by atoms with E-state index in [0.717, 1.165) is 18.4 Å². The van der Waals surface area contributed by atoms with Crippen molar-refractivity contribution in [3.63, 3.8) is 0 Å². The van der Waals surface area contributed by atoms with Crippen molar-refractivity contribution in [2.45, 2.75) is 57.1 Å². The van der Waals surface area contributed by atoms with Crippen molar-refractivity contribution < 1.29 is 14.6 Å². The van der Waals surface area contributed by atoms with Gasteiger partial charge in [0.1, 0.15) is 0 Å². The van der Waals surface area contributed by atoms with Crippen molar-refractivity contribution in [3.8, 4) is 0 Å². The Morgan fingerprint density at radius 2 is 1.74 bits per heavy atom. The molecular weight excluding hydrogens is 292 g/mol. The molecule has 2 amide bonds. The first kappa shape index (κ1) is 15.7. The lowest BCUT2D eigenvalue weighted by molar-refractivity contribution is -0.00974. The van der Waals surface area contributed by atoms with Crippen LogP contribution in [0.15, 0.2) is 0 Å². The van der Waals surface area contributed by atoms with Crippen LogP contribution in [0.25, 0.3) is 0 Å². The van der Waals surface area contributed by atoms with E-state index in [2.05, 4.69) is 10.6 Å². The fraction of sp³-hybridized carbons (Fsp3) is 0.944. The number of hydrogen-bond donors (Lipinski definition) is 3. The number of ether oxygens (including phenoxy) is 1. The van der Waals surface area contributed by atoms with Gasteiger partial charge >= 0.3 is 6.03 Å². The number of carbonyl (C=O) groups is 1. The molecule has 0 aromatic rings. The van der Waals surface area contributed by atoms with Crippen LogP contribution in [0.1, 0.15) is 44.9 Å². The van der Waals surface area contributed by atoms with Crippen LogP contribution < -0.4 is 10.6 Å². The molecular formula is C18H30N2O3.